The summed E-state index contributed by atoms with van der Waals surface area (Å²) in [5.74, 6) is 0.888. The van der Waals surface area contributed by atoms with Gasteiger partial charge < -0.3 is 20.1 Å². The van der Waals surface area contributed by atoms with E-state index in [-0.39, 0.29) is 48.9 Å². The van der Waals surface area contributed by atoms with Gasteiger partial charge in [-0.15, -0.1) is 24.8 Å². The lowest BCUT2D eigenvalue weighted by Crippen LogP contribution is -2.56. The summed E-state index contributed by atoms with van der Waals surface area (Å²) in [7, 11) is 1.70. The monoisotopic (exact) mass is 433 g/mol. The quantitative estimate of drug-likeness (QED) is 0.721. The molecule has 1 unspecified atom stereocenters. The van der Waals surface area contributed by atoms with Gasteiger partial charge >= 0.3 is 0 Å². The predicted molar refractivity (Wildman–Crippen MR) is 116 cm³/mol. The average Bonchev–Trinajstić information content (AvgIpc) is 2.69. The van der Waals surface area contributed by atoms with E-state index in [0.29, 0.717) is 19.7 Å². The summed E-state index contributed by atoms with van der Waals surface area (Å²) in [6.07, 6.45) is 3.58. The third-order valence-electron chi connectivity index (χ3n) is 5.40. The second-order valence-electron chi connectivity index (χ2n) is 7.11. The molecule has 1 aromatic carbocycles. The molecule has 2 aliphatic rings. The summed E-state index contributed by atoms with van der Waals surface area (Å²) in [5, 5.41) is 6.41. The number of ether oxygens (including phenoxy) is 2. The lowest BCUT2D eigenvalue weighted by molar-refractivity contribution is -0.129. The van der Waals surface area contributed by atoms with Crippen LogP contribution >= 0.6 is 24.8 Å². The van der Waals surface area contributed by atoms with Crippen LogP contribution in [0.15, 0.2) is 24.3 Å². The summed E-state index contributed by atoms with van der Waals surface area (Å²) in [6.45, 7) is 6.00. The minimum atomic E-state index is -0.288. The van der Waals surface area contributed by atoms with E-state index in [1.165, 1.54) is 19.3 Å². The van der Waals surface area contributed by atoms with Crippen LogP contribution in [0.4, 0.5) is 0 Å². The van der Waals surface area contributed by atoms with Gasteiger partial charge in [0.05, 0.1) is 25.9 Å². The van der Waals surface area contributed by atoms with E-state index in [2.05, 4.69) is 21.6 Å². The molecule has 1 amide bonds. The molecule has 3 atom stereocenters. The van der Waals surface area contributed by atoms with Crippen molar-refractivity contribution in [1.82, 2.24) is 15.5 Å². The van der Waals surface area contributed by atoms with Gasteiger partial charge in [-0.25, -0.2) is 0 Å². The molecule has 2 saturated heterocycles. The number of nitrogens with zero attached hydrogens (tertiary/aromatic N) is 1. The minimum absolute atomic E-state index is 0. The first kappa shape index (κ1) is 25.0. The van der Waals surface area contributed by atoms with Crippen LogP contribution in [0.25, 0.3) is 0 Å². The molecule has 0 aliphatic carbocycles. The number of likely N-dealkylation sites (tertiary alicyclic amines) is 1. The van der Waals surface area contributed by atoms with Crippen molar-refractivity contribution in [3.8, 4) is 5.75 Å². The molecular formula is C20H33Cl2N3O3. The largest absolute Gasteiger partial charge is 0.496 e. The molecule has 0 spiro atoms. The molecule has 2 N–H and O–H groups in total. The third kappa shape index (κ3) is 6.22. The Morgan fingerprint density at radius 3 is 2.68 bits per heavy atom. The molecule has 160 valence electrons. The molecule has 28 heavy (non-hydrogen) atoms. The fourth-order valence-electron chi connectivity index (χ4n) is 3.94. The second-order valence-corrected chi connectivity index (χ2v) is 7.11. The first-order valence-corrected chi connectivity index (χ1v) is 9.70. The van der Waals surface area contributed by atoms with E-state index >= 15 is 0 Å². The van der Waals surface area contributed by atoms with Crippen LogP contribution in [0.5, 0.6) is 5.75 Å². The Kier molecular flexibility index (Phi) is 11.2. The van der Waals surface area contributed by atoms with Crippen LogP contribution in [0, 0.1) is 0 Å². The molecule has 2 heterocycles. The number of carbonyl (C=O) groups excluding carboxylic acids is 1. The van der Waals surface area contributed by atoms with Crippen molar-refractivity contribution in [2.45, 2.75) is 44.4 Å². The SMILES string of the molecule is COc1ccccc1C(CNC(=O)[C@H]1NCCO[C@@H]1C)N1CCCCC1.Cl.Cl. The highest BCUT2D eigenvalue weighted by atomic mass is 35.5. The molecule has 0 bridgehead atoms. The summed E-state index contributed by atoms with van der Waals surface area (Å²) in [4.78, 5) is 15.1. The van der Waals surface area contributed by atoms with Crippen LogP contribution in [0.3, 0.4) is 0 Å². The van der Waals surface area contributed by atoms with Crippen LogP contribution in [0.2, 0.25) is 0 Å². The number of morpholine rings is 1. The van der Waals surface area contributed by atoms with Crippen LogP contribution in [-0.4, -0.2) is 62.8 Å². The average molecular weight is 434 g/mol. The van der Waals surface area contributed by atoms with Gasteiger partial charge in [-0.1, -0.05) is 24.6 Å². The lowest BCUT2D eigenvalue weighted by atomic mass is 10.00. The van der Waals surface area contributed by atoms with Gasteiger partial charge in [0.15, 0.2) is 0 Å². The molecule has 0 radical (unpaired) electrons. The van der Waals surface area contributed by atoms with Crippen molar-refractivity contribution in [1.29, 1.82) is 0 Å². The number of hydrogen-bond donors (Lipinski definition) is 2. The standard InChI is InChI=1S/C20H31N3O3.2ClH/c1-15-19(21-10-13-26-15)20(24)22-14-17(23-11-6-3-7-12-23)16-8-4-5-9-18(16)25-2;;/h4-5,8-9,15,17,19,21H,3,6-7,10-14H2,1-2H3,(H,22,24);2*1H/t15-,17?,19+;;/m1../s1. The van der Waals surface area contributed by atoms with Crippen molar-refractivity contribution < 1.29 is 14.3 Å². The van der Waals surface area contributed by atoms with E-state index in [4.69, 9.17) is 9.47 Å². The van der Waals surface area contributed by atoms with E-state index in [0.717, 1.165) is 24.4 Å². The molecule has 0 saturated carbocycles. The van der Waals surface area contributed by atoms with Crippen molar-refractivity contribution >= 4 is 30.7 Å². The molecular weight excluding hydrogens is 401 g/mol. The first-order valence-electron chi connectivity index (χ1n) is 9.70. The summed E-state index contributed by atoms with van der Waals surface area (Å²) in [5.41, 5.74) is 1.14. The van der Waals surface area contributed by atoms with Crippen LogP contribution < -0.4 is 15.4 Å². The van der Waals surface area contributed by atoms with Gasteiger partial charge in [-0.2, -0.15) is 0 Å². The van der Waals surface area contributed by atoms with E-state index in [1.807, 2.05) is 25.1 Å². The zero-order valence-electron chi connectivity index (χ0n) is 16.7. The minimum Gasteiger partial charge on any atom is -0.496 e. The Morgan fingerprint density at radius 1 is 1.29 bits per heavy atom. The van der Waals surface area contributed by atoms with Gasteiger partial charge in [0.2, 0.25) is 5.91 Å². The predicted octanol–water partition coefficient (Wildman–Crippen LogP) is 2.56. The van der Waals surface area contributed by atoms with Gasteiger partial charge in [-0.05, 0) is 38.9 Å². The first-order chi connectivity index (χ1) is 12.7. The molecule has 0 aromatic heterocycles. The molecule has 6 nitrogen and oxygen atoms in total. The van der Waals surface area contributed by atoms with Gasteiger partial charge in [0.25, 0.3) is 0 Å². The number of para-hydroxylation sites is 1. The maximum Gasteiger partial charge on any atom is 0.239 e. The molecule has 3 rings (SSSR count). The Morgan fingerprint density at radius 2 is 2.00 bits per heavy atom. The smallest absolute Gasteiger partial charge is 0.239 e. The molecule has 1 aromatic rings. The van der Waals surface area contributed by atoms with Crippen molar-refractivity contribution in [3.05, 3.63) is 29.8 Å². The Bertz CT molecular complexity index is 600. The van der Waals surface area contributed by atoms with Crippen molar-refractivity contribution in [3.63, 3.8) is 0 Å². The number of benzene rings is 1. The normalized spacial score (nSPS) is 23.6. The van der Waals surface area contributed by atoms with E-state index < -0.39 is 0 Å². The molecule has 2 fully saturated rings. The number of rotatable bonds is 6. The Hall–Kier alpha value is -1.05. The van der Waals surface area contributed by atoms with Gasteiger partial charge in [0, 0.05) is 18.7 Å². The van der Waals surface area contributed by atoms with Crippen LogP contribution in [-0.2, 0) is 9.53 Å². The number of halogens is 2. The lowest BCUT2D eigenvalue weighted by Gasteiger charge is -2.36. The maximum atomic E-state index is 12.7. The fourth-order valence-corrected chi connectivity index (χ4v) is 3.94. The van der Waals surface area contributed by atoms with Gasteiger partial charge in [0.1, 0.15) is 11.8 Å². The summed E-state index contributed by atoms with van der Waals surface area (Å²) in [6, 6.07) is 7.95. The highest BCUT2D eigenvalue weighted by Crippen LogP contribution is 2.30. The Labute approximate surface area is 180 Å². The van der Waals surface area contributed by atoms with Crippen molar-refractivity contribution in [2.24, 2.45) is 0 Å². The third-order valence-corrected chi connectivity index (χ3v) is 5.40. The topological polar surface area (TPSA) is 62.8 Å². The van der Waals surface area contributed by atoms with Gasteiger partial charge in [-0.3, -0.25) is 9.69 Å². The van der Waals surface area contributed by atoms with E-state index in [1.54, 1.807) is 7.11 Å². The van der Waals surface area contributed by atoms with E-state index in [9.17, 15) is 4.79 Å². The highest BCUT2D eigenvalue weighted by Gasteiger charge is 2.30. The molecule has 8 heteroatoms. The van der Waals surface area contributed by atoms with Crippen molar-refractivity contribution in [2.75, 3.05) is 39.9 Å². The summed E-state index contributed by atoms with van der Waals surface area (Å²) < 4.78 is 11.2. The number of hydrogen-bond acceptors (Lipinski definition) is 5. The number of amides is 1. The zero-order valence-corrected chi connectivity index (χ0v) is 18.3. The zero-order chi connectivity index (χ0) is 18.4. The number of methoxy groups -OCH3 is 1. The maximum absolute atomic E-state index is 12.7. The fraction of sp³-hybridized carbons (Fsp3) is 0.650. The number of piperidine rings is 1. The second kappa shape index (κ2) is 12.5. The Balaban J connectivity index is 0.00000196. The number of carbonyl (C=O) groups is 1. The highest BCUT2D eigenvalue weighted by molar-refractivity contribution is 5.85. The number of nitrogens with one attached hydrogen (secondary N) is 2. The van der Waals surface area contributed by atoms with Crippen LogP contribution in [0.1, 0.15) is 37.8 Å². The summed E-state index contributed by atoms with van der Waals surface area (Å²) >= 11 is 0. The molecule has 2 aliphatic heterocycles.